The van der Waals surface area contributed by atoms with Gasteiger partial charge in [-0.25, -0.2) is 9.78 Å². The number of benzene rings is 2. The number of hydrogen-bond acceptors (Lipinski definition) is 7. The van der Waals surface area contributed by atoms with Gasteiger partial charge in [-0.15, -0.1) is 0 Å². The average molecular weight is 588 g/mol. The summed E-state index contributed by atoms with van der Waals surface area (Å²) in [5.74, 6) is 0.706. The van der Waals surface area contributed by atoms with Crippen LogP contribution in [0, 0.1) is 0 Å². The molecule has 5 rings (SSSR count). The molecular formula is C32H37N5O4S. The largest absolute Gasteiger partial charge is 0.439 e. The lowest BCUT2D eigenvalue weighted by Crippen LogP contribution is -2.42. The Balaban J connectivity index is 1.48. The summed E-state index contributed by atoms with van der Waals surface area (Å²) in [5.41, 5.74) is 5.15. The molecule has 220 valence electrons. The van der Waals surface area contributed by atoms with Crippen LogP contribution in [0.2, 0.25) is 0 Å². The molecule has 1 N–H and O–H groups in total. The maximum absolute atomic E-state index is 14.2. The van der Waals surface area contributed by atoms with Crippen molar-refractivity contribution in [3.8, 4) is 22.5 Å². The molecule has 0 amide bonds. The lowest BCUT2D eigenvalue weighted by Gasteiger charge is -2.29. The van der Waals surface area contributed by atoms with Gasteiger partial charge in [0, 0.05) is 37.1 Å². The molecule has 10 heteroatoms. The Bertz CT molecular complexity index is 1650. The number of nitrogens with zero attached hydrogens (tertiary/aromatic N) is 4. The van der Waals surface area contributed by atoms with Crippen LogP contribution in [-0.2, 0) is 24.1 Å². The van der Waals surface area contributed by atoms with Crippen LogP contribution < -0.4 is 11.3 Å². The maximum Gasteiger partial charge on any atom is 0.439 e. The molecule has 0 saturated carbocycles. The van der Waals surface area contributed by atoms with Crippen molar-refractivity contribution in [2.45, 2.75) is 58.9 Å². The molecule has 1 saturated heterocycles. The molecule has 1 aliphatic rings. The normalized spacial score (nSPS) is 13.6. The van der Waals surface area contributed by atoms with Crippen LogP contribution in [0.4, 0.5) is 0 Å². The van der Waals surface area contributed by atoms with Crippen molar-refractivity contribution >= 4 is 17.2 Å². The standard InChI is InChI=1S/C32H37N5O4S/c1-4-5-10-27-33-29(21(2)3)26(19-28(42)36-15-17-40-18-16-36)31(38)37(27)20-22-11-13-23(14-12-22)24-8-6-7-9-25(24)30-34-32(39)41-35-30/h6-9,11-14,21H,4-5,10,15-20H2,1-3H3,(H,34,35,39). The van der Waals surface area contributed by atoms with Crippen molar-refractivity contribution in [2.24, 2.45) is 0 Å². The van der Waals surface area contributed by atoms with Crippen molar-refractivity contribution in [1.29, 1.82) is 0 Å². The first-order valence-electron chi connectivity index (χ1n) is 14.6. The Morgan fingerprint density at radius 3 is 2.40 bits per heavy atom. The van der Waals surface area contributed by atoms with E-state index in [4.69, 9.17) is 26.5 Å². The highest BCUT2D eigenvalue weighted by Gasteiger charge is 2.23. The Morgan fingerprint density at radius 1 is 1.05 bits per heavy atom. The molecule has 2 aromatic heterocycles. The van der Waals surface area contributed by atoms with Gasteiger partial charge in [0.15, 0.2) is 5.82 Å². The molecule has 1 fully saturated rings. The van der Waals surface area contributed by atoms with Gasteiger partial charge in [-0.3, -0.25) is 18.9 Å². The fourth-order valence-electron chi connectivity index (χ4n) is 5.32. The van der Waals surface area contributed by atoms with Gasteiger partial charge in [0.1, 0.15) is 5.82 Å². The number of hydrogen-bond donors (Lipinski definition) is 1. The maximum atomic E-state index is 14.2. The van der Waals surface area contributed by atoms with Crippen LogP contribution in [0.1, 0.15) is 62.2 Å². The first-order valence-corrected chi connectivity index (χ1v) is 15.0. The molecule has 2 aromatic carbocycles. The molecule has 0 spiro atoms. The van der Waals surface area contributed by atoms with Gasteiger partial charge in [-0.2, -0.15) is 0 Å². The molecule has 0 unspecified atom stereocenters. The SMILES string of the molecule is CCCCc1nc(C(C)C)c(CC(=S)N2CCOCC2)c(=O)n1Cc1ccc(-c2ccccc2-c2noc(=O)[nH]2)cc1. The molecule has 0 radical (unpaired) electrons. The molecule has 42 heavy (non-hydrogen) atoms. The second kappa shape index (κ2) is 13.4. The fourth-order valence-corrected chi connectivity index (χ4v) is 5.65. The van der Waals surface area contributed by atoms with Gasteiger partial charge in [-0.05, 0) is 29.0 Å². The predicted octanol–water partition coefficient (Wildman–Crippen LogP) is 4.97. The van der Waals surface area contributed by atoms with Crippen molar-refractivity contribution in [3.05, 3.63) is 92.1 Å². The highest BCUT2D eigenvalue weighted by molar-refractivity contribution is 7.80. The Kier molecular flexibility index (Phi) is 9.44. The second-order valence-electron chi connectivity index (χ2n) is 10.9. The van der Waals surface area contributed by atoms with Gasteiger partial charge < -0.3 is 9.64 Å². The number of H-pyrrole nitrogens is 1. The first-order chi connectivity index (χ1) is 20.4. The van der Waals surface area contributed by atoms with Crippen molar-refractivity contribution in [3.63, 3.8) is 0 Å². The summed E-state index contributed by atoms with van der Waals surface area (Å²) in [6, 6.07) is 15.8. The molecule has 4 aromatic rings. The van der Waals surface area contributed by atoms with Gasteiger partial charge in [0.05, 0.1) is 30.4 Å². The minimum absolute atomic E-state index is 0.0141. The van der Waals surface area contributed by atoms with Crippen LogP contribution in [0.5, 0.6) is 0 Å². The number of ether oxygens (including phenoxy) is 1. The van der Waals surface area contributed by atoms with E-state index in [0.29, 0.717) is 37.6 Å². The number of aryl methyl sites for hydroxylation is 1. The summed E-state index contributed by atoms with van der Waals surface area (Å²) in [6.45, 7) is 9.51. The van der Waals surface area contributed by atoms with E-state index < -0.39 is 5.76 Å². The number of unbranched alkanes of at least 4 members (excludes halogenated alkanes) is 1. The van der Waals surface area contributed by atoms with Crippen LogP contribution in [0.3, 0.4) is 0 Å². The molecule has 0 atom stereocenters. The van der Waals surface area contributed by atoms with Gasteiger partial charge >= 0.3 is 5.76 Å². The van der Waals surface area contributed by atoms with E-state index in [1.54, 1.807) is 0 Å². The van der Waals surface area contributed by atoms with Gasteiger partial charge in [0.25, 0.3) is 5.56 Å². The van der Waals surface area contributed by atoms with E-state index in [-0.39, 0.29) is 11.5 Å². The third-order valence-electron chi connectivity index (χ3n) is 7.59. The summed E-state index contributed by atoms with van der Waals surface area (Å²) in [5, 5.41) is 3.86. The topological polar surface area (TPSA) is 106 Å². The van der Waals surface area contributed by atoms with E-state index >= 15 is 0 Å². The fraction of sp³-hybridized carbons (Fsp3) is 0.406. The summed E-state index contributed by atoms with van der Waals surface area (Å²) in [4.78, 5) is 36.3. The summed E-state index contributed by atoms with van der Waals surface area (Å²) >= 11 is 5.81. The first kappa shape index (κ1) is 29.6. The smallest absolute Gasteiger partial charge is 0.378 e. The molecule has 0 aliphatic carbocycles. The van der Waals surface area contributed by atoms with Crippen molar-refractivity contribution < 1.29 is 9.26 Å². The van der Waals surface area contributed by atoms with Gasteiger partial charge in [0.2, 0.25) is 0 Å². The number of nitrogens with one attached hydrogen (secondary N) is 1. The minimum Gasteiger partial charge on any atom is -0.378 e. The van der Waals surface area contributed by atoms with E-state index in [1.165, 1.54) is 0 Å². The van der Waals surface area contributed by atoms with Crippen LogP contribution >= 0.6 is 12.2 Å². The summed E-state index contributed by atoms with van der Waals surface area (Å²) < 4.78 is 12.0. The molecule has 3 heterocycles. The second-order valence-corrected chi connectivity index (χ2v) is 11.4. The highest BCUT2D eigenvalue weighted by atomic mass is 32.1. The van der Waals surface area contributed by atoms with E-state index in [2.05, 4.69) is 35.8 Å². The molecular weight excluding hydrogens is 550 g/mol. The number of rotatable bonds is 10. The minimum atomic E-state index is -0.596. The lowest BCUT2D eigenvalue weighted by molar-refractivity contribution is 0.0684. The predicted molar refractivity (Wildman–Crippen MR) is 167 cm³/mol. The van der Waals surface area contributed by atoms with Crippen LogP contribution in [0.25, 0.3) is 22.5 Å². The van der Waals surface area contributed by atoms with Gasteiger partial charge in [-0.1, -0.05) is 93.1 Å². The lowest BCUT2D eigenvalue weighted by atomic mass is 9.98. The van der Waals surface area contributed by atoms with Crippen LogP contribution in [-0.4, -0.2) is 55.9 Å². The summed E-state index contributed by atoms with van der Waals surface area (Å²) in [7, 11) is 0. The number of aromatic nitrogens is 4. The van der Waals surface area contributed by atoms with Crippen LogP contribution in [0.15, 0.2) is 62.6 Å². The summed E-state index contributed by atoms with van der Waals surface area (Å²) in [6.07, 6.45) is 3.11. The number of morpholine rings is 1. The monoisotopic (exact) mass is 587 g/mol. The third kappa shape index (κ3) is 6.60. The van der Waals surface area contributed by atoms with E-state index in [9.17, 15) is 9.59 Å². The molecule has 0 bridgehead atoms. The zero-order valence-corrected chi connectivity index (χ0v) is 25.2. The average Bonchev–Trinajstić information content (AvgIpc) is 3.45. The highest BCUT2D eigenvalue weighted by Crippen LogP contribution is 2.30. The number of thiocarbonyl (C=S) groups is 1. The molecule has 1 aliphatic heterocycles. The Labute approximate surface area is 250 Å². The zero-order valence-electron chi connectivity index (χ0n) is 24.4. The molecule has 9 nitrogen and oxygen atoms in total. The van der Waals surface area contributed by atoms with Crippen molar-refractivity contribution in [2.75, 3.05) is 26.3 Å². The Morgan fingerprint density at radius 2 is 1.76 bits per heavy atom. The third-order valence-corrected chi connectivity index (χ3v) is 8.00. The number of aromatic amines is 1. The zero-order chi connectivity index (χ0) is 29.6. The van der Waals surface area contributed by atoms with E-state index in [0.717, 1.165) is 71.1 Å². The quantitative estimate of drug-likeness (QED) is 0.259. The Hall–Kier alpha value is -3.89. The van der Waals surface area contributed by atoms with E-state index in [1.807, 2.05) is 53.1 Å². The van der Waals surface area contributed by atoms with Crippen molar-refractivity contribution in [1.82, 2.24) is 24.6 Å².